The van der Waals surface area contributed by atoms with Crippen LogP contribution in [0, 0.1) is 6.92 Å². The number of aromatic nitrogens is 1. The van der Waals surface area contributed by atoms with Gasteiger partial charge in [-0.25, -0.2) is 0 Å². The van der Waals surface area contributed by atoms with Crippen molar-refractivity contribution in [3.63, 3.8) is 0 Å². The van der Waals surface area contributed by atoms with Crippen LogP contribution in [0.25, 0.3) is 10.9 Å². The monoisotopic (exact) mass is 394 g/mol. The molecule has 0 saturated carbocycles. The fourth-order valence-electron chi connectivity index (χ4n) is 4.48. The third-order valence-electron chi connectivity index (χ3n) is 6.13. The van der Waals surface area contributed by atoms with E-state index >= 15 is 0 Å². The molecule has 1 aromatic heterocycles. The van der Waals surface area contributed by atoms with Crippen molar-refractivity contribution in [1.29, 1.82) is 0 Å². The van der Waals surface area contributed by atoms with Crippen LogP contribution >= 0.6 is 0 Å². The summed E-state index contributed by atoms with van der Waals surface area (Å²) in [5.74, 6) is 0.641. The number of nitrogens with zero attached hydrogens (tertiary/aromatic N) is 2. The molecule has 1 unspecified atom stereocenters. The zero-order valence-electron chi connectivity index (χ0n) is 17.5. The van der Waals surface area contributed by atoms with Crippen molar-refractivity contribution >= 4 is 10.9 Å². The van der Waals surface area contributed by atoms with Crippen molar-refractivity contribution in [2.75, 3.05) is 27.2 Å². The molecule has 0 bridgehead atoms. The molecule has 3 aromatic rings. The second-order valence-corrected chi connectivity index (χ2v) is 8.10. The molecule has 0 aliphatic carbocycles. The molecule has 2 heterocycles. The van der Waals surface area contributed by atoms with Gasteiger partial charge < -0.3 is 24.4 Å². The average molecular weight is 395 g/mol. The van der Waals surface area contributed by atoms with E-state index in [9.17, 15) is 10.2 Å². The summed E-state index contributed by atoms with van der Waals surface area (Å²) in [5, 5.41) is 22.0. The molecule has 0 saturated heterocycles. The predicted octanol–water partition coefficient (Wildman–Crippen LogP) is 3.21. The van der Waals surface area contributed by atoms with Crippen LogP contribution in [0.2, 0.25) is 0 Å². The quantitative estimate of drug-likeness (QED) is 0.698. The maximum absolute atomic E-state index is 11.1. The van der Waals surface area contributed by atoms with Gasteiger partial charge in [-0.2, -0.15) is 0 Å². The number of hydrogen-bond acceptors (Lipinski definition) is 4. The zero-order valence-corrected chi connectivity index (χ0v) is 17.5. The number of methoxy groups -OCH3 is 1. The normalized spacial score (nSPS) is 15.9. The SMILES string of the molecule is COc1ccc(C(O)Cn2c3c(c4cc(C)ccc42)CCN(C)CC3)cc1CO. The van der Waals surface area contributed by atoms with E-state index < -0.39 is 6.10 Å². The summed E-state index contributed by atoms with van der Waals surface area (Å²) in [6, 6.07) is 12.1. The van der Waals surface area contributed by atoms with Gasteiger partial charge in [0, 0.05) is 41.7 Å². The van der Waals surface area contributed by atoms with Gasteiger partial charge in [-0.15, -0.1) is 0 Å². The molecule has 154 valence electrons. The second-order valence-electron chi connectivity index (χ2n) is 8.10. The lowest BCUT2D eigenvalue weighted by molar-refractivity contribution is 0.156. The zero-order chi connectivity index (χ0) is 20.5. The molecular weight excluding hydrogens is 364 g/mol. The van der Waals surface area contributed by atoms with Crippen molar-refractivity contribution in [1.82, 2.24) is 9.47 Å². The summed E-state index contributed by atoms with van der Waals surface area (Å²) < 4.78 is 7.59. The Bertz CT molecular complexity index is 1020. The largest absolute Gasteiger partial charge is 0.496 e. The molecule has 0 amide bonds. The summed E-state index contributed by atoms with van der Waals surface area (Å²) in [5.41, 5.74) is 6.70. The van der Waals surface area contributed by atoms with E-state index in [1.807, 2.05) is 18.2 Å². The van der Waals surface area contributed by atoms with Gasteiger partial charge in [0.25, 0.3) is 0 Å². The molecule has 2 aromatic carbocycles. The topological polar surface area (TPSA) is 57.9 Å². The molecule has 4 rings (SSSR count). The van der Waals surface area contributed by atoms with E-state index in [2.05, 4.69) is 41.6 Å². The van der Waals surface area contributed by atoms with Crippen LogP contribution in [-0.4, -0.2) is 46.9 Å². The van der Waals surface area contributed by atoms with Gasteiger partial charge >= 0.3 is 0 Å². The number of aliphatic hydroxyl groups is 2. The number of aliphatic hydroxyl groups excluding tert-OH is 2. The molecule has 1 atom stereocenters. The van der Waals surface area contributed by atoms with Crippen LogP contribution in [0.15, 0.2) is 36.4 Å². The Balaban J connectivity index is 1.74. The van der Waals surface area contributed by atoms with Crippen LogP contribution in [0.4, 0.5) is 0 Å². The Morgan fingerprint density at radius 3 is 2.66 bits per heavy atom. The van der Waals surface area contributed by atoms with E-state index in [1.54, 1.807) is 7.11 Å². The lowest BCUT2D eigenvalue weighted by Crippen LogP contribution is -2.21. The Kier molecular flexibility index (Phi) is 5.63. The van der Waals surface area contributed by atoms with E-state index in [-0.39, 0.29) is 6.61 Å². The smallest absolute Gasteiger partial charge is 0.124 e. The van der Waals surface area contributed by atoms with Crippen molar-refractivity contribution in [3.05, 3.63) is 64.3 Å². The summed E-state index contributed by atoms with van der Waals surface area (Å²) in [6.07, 6.45) is 1.36. The molecular formula is C24H30N2O3. The van der Waals surface area contributed by atoms with Crippen LogP contribution in [0.3, 0.4) is 0 Å². The van der Waals surface area contributed by atoms with Gasteiger partial charge in [0.05, 0.1) is 26.4 Å². The summed E-state index contributed by atoms with van der Waals surface area (Å²) in [4.78, 5) is 2.37. The lowest BCUT2D eigenvalue weighted by atomic mass is 10.0. The van der Waals surface area contributed by atoms with Crippen LogP contribution in [-0.2, 0) is 26.0 Å². The van der Waals surface area contributed by atoms with E-state index in [0.717, 1.165) is 31.5 Å². The summed E-state index contributed by atoms with van der Waals surface area (Å²) in [7, 11) is 3.76. The molecule has 0 spiro atoms. The molecule has 5 nitrogen and oxygen atoms in total. The Morgan fingerprint density at radius 2 is 1.90 bits per heavy atom. The summed E-state index contributed by atoms with van der Waals surface area (Å²) >= 11 is 0. The van der Waals surface area contributed by atoms with Crippen LogP contribution in [0.5, 0.6) is 5.75 Å². The number of rotatable bonds is 5. The number of fused-ring (bicyclic) bond motifs is 3. The van der Waals surface area contributed by atoms with E-state index in [4.69, 9.17) is 4.74 Å². The first kappa shape index (κ1) is 20.0. The Morgan fingerprint density at radius 1 is 1.10 bits per heavy atom. The van der Waals surface area contributed by atoms with Gasteiger partial charge in [-0.3, -0.25) is 0 Å². The maximum Gasteiger partial charge on any atom is 0.124 e. The molecule has 29 heavy (non-hydrogen) atoms. The second kappa shape index (κ2) is 8.19. The van der Waals surface area contributed by atoms with Gasteiger partial charge in [0.1, 0.15) is 5.75 Å². The molecule has 0 fully saturated rings. The first-order valence-electron chi connectivity index (χ1n) is 10.3. The number of likely N-dealkylation sites (N-methyl/N-ethyl adjacent to an activating group) is 1. The number of hydrogen-bond donors (Lipinski definition) is 2. The van der Waals surface area contributed by atoms with Gasteiger partial charge in [-0.05, 0) is 55.8 Å². The highest BCUT2D eigenvalue weighted by atomic mass is 16.5. The molecule has 1 aliphatic rings. The minimum absolute atomic E-state index is 0.114. The van der Waals surface area contributed by atoms with Gasteiger partial charge in [-0.1, -0.05) is 17.7 Å². The van der Waals surface area contributed by atoms with Crippen molar-refractivity contribution in [2.24, 2.45) is 0 Å². The fourth-order valence-corrected chi connectivity index (χ4v) is 4.48. The maximum atomic E-state index is 11.1. The number of aryl methyl sites for hydroxylation is 1. The minimum Gasteiger partial charge on any atom is -0.496 e. The first-order chi connectivity index (χ1) is 14.0. The molecule has 5 heteroatoms. The van der Waals surface area contributed by atoms with Crippen LogP contribution < -0.4 is 4.74 Å². The lowest BCUT2D eigenvalue weighted by Gasteiger charge is -2.18. The standard InChI is InChI=1S/C24H30N2O3/c1-16-4-6-21-20(12-16)19-8-10-25(2)11-9-22(19)26(21)14-23(28)17-5-7-24(29-3)18(13-17)15-27/h4-7,12-13,23,27-28H,8-11,14-15H2,1-3H3. The van der Waals surface area contributed by atoms with E-state index in [0.29, 0.717) is 17.9 Å². The third kappa shape index (κ3) is 3.78. The van der Waals surface area contributed by atoms with Crippen molar-refractivity contribution < 1.29 is 14.9 Å². The molecule has 1 aliphatic heterocycles. The first-order valence-corrected chi connectivity index (χ1v) is 10.3. The highest BCUT2D eigenvalue weighted by molar-refractivity contribution is 5.86. The molecule has 2 N–H and O–H groups in total. The average Bonchev–Trinajstić information content (AvgIpc) is 2.86. The van der Waals surface area contributed by atoms with Crippen LogP contribution in [0.1, 0.15) is 34.1 Å². The minimum atomic E-state index is -0.659. The van der Waals surface area contributed by atoms with Gasteiger partial charge in [0.15, 0.2) is 0 Å². The Labute approximate surface area is 172 Å². The summed E-state index contributed by atoms with van der Waals surface area (Å²) in [6.45, 7) is 4.60. The van der Waals surface area contributed by atoms with Crippen molar-refractivity contribution in [3.8, 4) is 5.75 Å². The number of benzene rings is 2. The molecule has 0 radical (unpaired) electrons. The highest BCUT2D eigenvalue weighted by Gasteiger charge is 2.22. The third-order valence-corrected chi connectivity index (χ3v) is 6.13. The number of ether oxygens (including phenoxy) is 1. The Hall–Kier alpha value is -2.34. The van der Waals surface area contributed by atoms with E-state index in [1.165, 1.54) is 27.7 Å². The predicted molar refractivity (Wildman–Crippen MR) is 115 cm³/mol. The van der Waals surface area contributed by atoms with Gasteiger partial charge in [0.2, 0.25) is 0 Å². The fraction of sp³-hybridized carbons (Fsp3) is 0.417. The highest BCUT2D eigenvalue weighted by Crippen LogP contribution is 2.32. The van der Waals surface area contributed by atoms with Crippen molar-refractivity contribution in [2.45, 2.75) is 39.0 Å².